The Morgan fingerprint density at radius 2 is 1.44 bits per heavy atom. The maximum absolute atomic E-state index is 11.2. The molecule has 0 aromatic heterocycles. The highest BCUT2D eigenvalue weighted by Crippen LogP contribution is 2.17. The van der Waals surface area contributed by atoms with Crippen LogP contribution >= 0.6 is 0 Å². The minimum absolute atomic E-state index is 0.0804. The molecule has 0 aliphatic carbocycles. The molecule has 0 saturated heterocycles. The van der Waals surface area contributed by atoms with E-state index in [4.69, 9.17) is 19.2 Å². The number of nitrogens with one attached hydrogen (secondary N) is 2. The molecule has 2 aliphatic heterocycles. The number of esters is 1. The van der Waals surface area contributed by atoms with Crippen molar-refractivity contribution in [3.05, 3.63) is 47.5 Å². The van der Waals surface area contributed by atoms with Crippen molar-refractivity contribution in [1.29, 1.82) is 0 Å². The molecular weight excluding hydrogens is 418 g/mol. The van der Waals surface area contributed by atoms with E-state index in [1.807, 2.05) is 18.2 Å². The highest BCUT2D eigenvalue weighted by Gasteiger charge is 2.30. The van der Waals surface area contributed by atoms with Crippen molar-refractivity contribution in [2.45, 2.75) is 20.1 Å². The largest absolute Gasteiger partial charge is 0.493 e. The number of hydrogen-bond donors (Lipinski definition) is 5. The first-order valence-corrected chi connectivity index (χ1v) is 10.1. The van der Waals surface area contributed by atoms with Gasteiger partial charge in [-0.3, -0.25) is 9.59 Å². The second-order valence-electron chi connectivity index (χ2n) is 6.99. The first kappa shape index (κ1) is 23.6. The van der Waals surface area contributed by atoms with Gasteiger partial charge in [-0.2, -0.15) is 0 Å². The molecule has 0 amide bonds. The van der Waals surface area contributed by atoms with Gasteiger partial charge in [0, 0.05) is 22.3 Å². The van der Waals surface area contributed by atoms with Crippen molar-refractivity contribution in [1.82, 2.24) is 0 Å². The molecule has 10 nitrogen and oxygen atoms in total. The van der Waals surface area contributed by atoms with Gasteiger partial charge < -0.3 is 39.8 Å². The average Bonchev–Trinajstić information content (AvgIpc) is 3.35. The lowest BCUT2D eigenvalue weighted by Gasteiger charge is -2.10. The lowest BCUT2D eigenvalue weighted by Crippen LogP contribution is -2.32. The zero-order valence-corrected chi connectivity index (χ0v) is 17.5. The number of carboxylic acid groups (broad SMARTS) is 1. The Balaban J connectivity index is 0.000000182. The number of benzene rings is 2. The van der Waals surface area contributed by atoms with E-state index in [1.54, 1.807) is 25.1 Å². The van der Waals surface area contributed by atoms with Crippen LogP contribution in [-0.4, -0.2) is 61.0 Å². The summed E-state index contributed by atoms with van der Waals surface area (Å²) < 4.78 is 15.0. The summed E-state index contributed by atoms with van der Waals surface area (Å²) in [6.07, 6.45) is 0. The van der Waals surface area contributed by atoms with Gasteiger partial charge in [-0.25, -0.2) is 0 Å². The molecule has 2 aromatic carbocycles. The van der Waals surface area contributed by atoms with Crippen molar-refractivity contribution in [2.24, 2.45) is 0 Å². The van der Waals surface area contributed by atoms with E-state index in [0.29, 0.717) is 42.1 Å². The number of carboxylic acids is 1. The normalized spacial score (nSPS) is 13.6. The van der Waals surface area contributed by atoms with Crippen LogP contribution in [0.15, 0.2) is 36.4 Å². The van der Waals surface area contributed by atoms with Gasteiger partial charge in [0.05, 0.1) is 19.8 Å². The second-order valence-corrected chi connectivity index (χ2v) is 6.99. The molecule has 2 heterocycles. The third kappa shape index (κ3) is 5.80. The Morgan fingerprint density at radius 1 is 0.938 bits per heavy atom. The molecule has 5 N–H and O–H groups in total. The van der Waals surface area contributed by atoms with Crippen LogP contribution in [0.4, 0.5) is 11.4 Å². The summed E-state index contributed by atoms with van der Waals surface area (Å²) in [5, 5.41) is 33.4. The maximum atomic E-state index is 11.2. The summed E-state index contributed by atoms with van der Waals surface area (Å²) >= 11 is 0. The van der Waals surface area contributed by atoms with E-state index in [0.717, 1.165) is 11.1 Å². The minimum atomic E-state index is -0.961. The molecule has 0 unspecified atom stereocenters. The monoisotopic (exact) mass is 442 g/mol. The minimum Gasteiger partial charge on any atom is -0.480 e. The SMILES string of the molecule is CCOC(=O)CNc1cccc2c1B(O)OC2.O=C(O)CNc1cccc2c1B(O)OC2. The van der Waals surface area contributed by atoms with Gasteiger partial charge in [0.25, 0.3) is 0 Å². The number of fused-ring (bicyclic) bond motifs is 2. The number of carbonyl (C=O) groups is 2. The van der Waals surface area contributed by atoms with Gasteiger partial charge in [0.2, 0.25) is 0 Å². The fraction of sp³-hybridized carbons (Fsp3) is 0.300. The Labute approximate surface area is 185 Å². The summed E-state index contributed by atoms with van der Waals surface area (Å²) in [6, 6.07) is 10.9. The van der Waals surface area contributed by atoms with Crippen LogP contribution in [0.2, 0.25) is 0 Å². The van der Waals surface area contributed by atoms with Crippen molar-refractivity contribution >= 4 is 48.5 Å². The molecule has 0 fully saturated rings. The quantitative estimate of drug-likeness (QED) is 0.275. The number of carbonyl (C=O) groups excluding carboxylic acids is 1. The molecular formula is C20H24B2N2O8. The van der Waals surface area contributed by atoms with Crippen LogP contribution in [0.3, 0.4) is 0 Å². The predicted molar refractivity (Wildman–Crippen MR) is 119 cm³/mol. The van der Waals surface area contributed by atoms with Gasteiger partial charge in [-0.05, 0) is 30.2 Å². The number of ether oxygens (including phenoxy) is 1. The molecule has 0 spiro atoms. The first-order chi connectivity index (χ1) is 15.4. The van der Waals surface area contributed by atoms with Crippen molar-refractivity contribution in [3.8, 4) is 0 Å². The van der Waals surface area contributed by atoms with Gasteiger partial charge in [-0.15, -0.1) is 0 Å². The zero-order chi connectivity index (χ0) is 23.1. The first-order valence-electron chi connectivity index (χ1n) is 10.1. The molecule has 0 bridgehead atoms. The van der Waals surface area contributed by atoms with Crippen LogP contribution in [0.1, 0.15) is 18.1 Å². The maximum Gasteiger partial charge on any atom is 0.493 e. The lowest BCUT2D eigenvalue weighted by atomic mass is 9.78. The summed E-state index contributed by atoms with van der Waals surface area (Å²) in [5.41, 5.74) is 4.49. The van der Waals surface area contributed by atoms with Crippen molar-refractivity contribution in [3.63, 3.8) is 0 Å². The molecule has 0 saturated carbocycles. The summed E-state index contributed by atoms with van der Waals surface area (Å²) in [5.74, 6) is -1.26. The predicted octanol–water partition coefficient (Wildman–Crippen LogP) is -0.720. The van der Waals surface area contributed by atoms with Crippen LogP contribution < -0.4 is 21.6 Å². The molecule has 0 atom stereocenters. The smallest absolute Gasteiger partial charge is 0.480 e. The van der Waals surface area contributed by atoms with Crippen LogP contribution in [0.5, 0.6) is 0 Å². The van der Waals surface area contributed by atoms with E-state index in [1.165, 1.54) is 0 Å². The molecule has 168 valence electrons. The zero-order valence-electron chi connectivity index (χ0n) is 17.5. The van der Waals surface area contributed by atoms with E-state index in [-0.39, 0.29) is 19.1 Å². The van der Waals surface area contributed by atoms with Gasteiger partial charge in [-0.1, -0.05) is 24.3 Å². The summed E-state index contributed by atoms with van der Waals surface area (Å²) in [6.45, 7) is 2.78. The van der Waals surface area contributed by atoms with E-state index in [9.17, 15) is 19.6 Å². The number of hydrogen-bond acceptors (Lipinski definition) is 9. The Bertz CT molecular complexity index is 975. The lowest BCUT2D eigenvalue weighted by molar-refractivity contribution is -0.141. The highest BCUT2D eigenvalue weighted by molar-refractivity contribution is 6.64. The van der Waals surface area contributed by atoms with E-state index in [2.05, 4.69) is 10.6 Å². The Kier molecular flexibility index (Phi) is 8.12. The molecule has 2 aromatic rings. The topological polar surface area (TPSA) is 147 Å². The number of anilines is 2. The van der Waals surface area contributed by atoms with Crippen molar-refractivity contribution < 1.29 is 38.8 Å². The summed E-state index contributed by atoms with van der Waals surface area (Å²) in [7, 11) is -1.88. The van der Waals surface area contributed by atoms with Gasteiger partial charge in [0.15, 0.2) is 0 Å². The molecule has 32 heavy (non-hydrogen) atoms. The third-order valence-corrected chi connectivity index (χ3v) is 4.84. The van der Waals surface area contributed by atoms with E-state index >= 15 is 0 Å². The Hall–Kier alpha value is -3.05. The number of rotatable bonds is 7. The molecule has 2 aliphatic rings. The fourth-order valence-corrected chi connectivity index (χ4v) is 3.42. The third-order valence-electron chi connectivity index (χ3n) is 4.84. The van der Waals surface area contributed by atoms with E-state index < -0.39 is 20.2 Å². The highest BCUT2D eigenvalue weighted by atomic mass is 16.5. The molecule has 4 rings (SSSR count). The fourth-order valence-electron chi connectivity index (χ4n) is 3.42. The summed E-state index contributed by atoms with van der Waals surface area (Å²) in [4.78, 5) is 21.6. The average molecular weight is 442 g/mol. The van der Waals surface area contributed by atoms with Gasteiger partial charge in [0.1, 0.15) is 13.1 Å². The van der Waals surface area contributed by atoms with Gasteiger partial charge >= 0.3 is 26.2 Å². The second kappa shape index (κ2) is 11.0. The Morgan fingerprint density at radius 3 is 1.91 bits per heavy atom. The molecule has 0 radical (unpaired) electrons. The molecule has 12 heteroatoms. The van der Waals surface area contributed by atoms with Crippen molar-refractivity contribution in [2.75, 3.05) is 30.3 Å². The van der Waals surface area contributed by atoms with Crippen LogP contribution in [0.25, 0.3) is 0 Å². The van der Waals surface area contributed by atoms with Crippen LogP contribution in [0, 0.1) is 0 Å². The number of aliphatic carboxylic acids is 1. The standard InChI is InChI=1S/C11H14BNO4.C9H10BNO4/c1-2-16-10(14)6-13-9-5-3-4-8-7-17-12(15)11(8)9;12-8(13)4-11-7-3-1-2-6-5-15-10(14)9(6)7/h3-5,13,15H,2,6-7H2,1H3;1-3,11,14H,4-5H2,(H,12,13). The van der Waals surface area contributed by atoms with Crippen LogP contribution in [-0.2, 0) is 36.8 Å².